The maximum Gasteiger partial charge on any atom is 0.0991 e. The third-order valence-corrected chi connectivity index (χ3v) is 11.1. The standard InChI is InChI=1S/C53H34N4/c54-35-36-21-23-37(24-22-36)38-25-27-39(28-26-38)51-43(40-33-49(47-19-9-11-31-55-47)57-50(34-40)48-20-10-12-32-56-48)29-30-46-52(51)44-17-7-8-18-45(44)53(46,41-13-3-1-4-14-41)42-15-5-2-6-16-42/h1-34H. The normalized spacial score (nSPS) is 12.3. The van der Waals surface area contributed by atoms with Crippen LogP contribution in [0.1, 0.15) is 27.8 Å². The molecule has 3 aromatic heterocycles. The highest BCUT2D eigenvalue weighted by atomic mass is 14.8. The second kappa shape index (κ2) is 14.2. The van der Waals surface area contributed by atoms with Gasteiger partial charge in [0.15, 0.2) is 0 Å². The van der Waals surface area contributed by atoms with Gasteiger partial charge < -0.3 is 0 Å². The molecule has 3 heterocycles. The van der Waals surface area contributed by atoms with Crippen molar-refractivity contribution in [2.24, 2.45) is 0 Å². The fourth-order valence-corrected chi connectivity index (χ4v) is 8.62. The van der Waals surface area contributed by atoms with Crippen LogP contribution in [-0.4, -0.2) is 15.0 Å². The Hall–Kier alpha value is -7.74. The Kier molecular flexibility index (Phi) is 8.39. The first-order valence-electron chi connectivity index (χ1n) is 19.1. The van der Waals surface area contributed by atoms with Gasteiger partial charge in [-0.05, 0) is 115 Å². The Labute approximate surface area is 332 Å². The first kappa shape index (κ1) is 33.8. The Balaban J connectivity index is 1.29. The zero-order valence-corrected chi connectivity index (χ0v) is 30.9. The van der Waals surface area contributed by atoms with Gasteiger partial charge in [0, 0.05) is 12.4 Å². The molecule has 9 aromatic rings. The van der Waals surface area contributed by atoms with Gasteiger partial charge in [0.25, 0.3) is 0 Å². The molecule has 10 rings (SSSR count). The predicted octanol–water partition coefficient (Wildman–Crippen LogP) is 12.4. The number of hydrogen-bond acceptors (Lipinski definition) is 4. The predicted molar refractivity (Wildman–Crippen MR) is 229 cm³/mol. The van der Waals surface area contributed by atoms with E-state index < -0.39 is 5.41 Å². The lowest BCUT2D eigenvalue weighted by molar-refractivity contribution is 0.768. The highest BCUT2D eigenvalue weighted by Gasteiger charge is 2.47. The molecule has 0 N–H and O–H groups in total. The van der Waals surface area contributed by atoms with Crippen LogP contribution in [0.15, 0.2) is 207 Å². The van der Waals surface area contributed by atoms with E-state index in [1.807, 2.05) is 73.1 Å². The largest absolute Gasteiger partial charge is 0.255 e. The Bertz CT molecular complexity index is 2820. The van der Waals surface area contributed by atoms with Gasteiger partial charge in [-0.25, -0.2) is 4.98 Å². The quantitative estimate of drug-likeness (QED) is 0.164. The van der Waals surface area contributed by atoms with E-state index in [0.717, 1.165) is 56.2 Å². The fourth-order valence-electron chi connectivity index (χ4n) is 8.62. The zero-order chi connectivity index (χ0) is 38.2. The summed E-state index contributed by atoms with van der Waals surface area (Å²) in [7, 11) is 0. The Morgan fingerprint density at radius 2 is 0.912 bits per heavy atom. The van der Waals surface area contributed by atoms with Gasteiger partial charge in [-0.3, -0.25) is 9.97 Å². The lowest BCUT2D eigenvalue weighted by atomic mass is 9.67. The summed E-state index contributed by atoms with van der Waals surface area (Å²) in [6.07, 6.45) is 3.62. The Morgan fingerprint density at radius 1 is 0.386 bits per heavy atom. The van der Waals surface area contributed by atoms with Crippen LogP contribution in [-0.2, 0) is 5.41 Å². The molecule has 4 heteroatoms. The van der Waals surface area contributed by atoms with Crippen molar-refractivity contribution < 1.29 is 0 Å². The average molecular weight is 727 g/mol. The minimum Gasteiger partial charge on any atom is -0.255 e. The lowest BCUT2D eigenvalue weighted by Crippen LogP contribution is -2.28. The van der Waals surface area contributed by atoms with E-state index in [4.69, 9.17) is 15.0 Å². The van der Waals surface area contributed by atoms with Gasteiger partial charge in [-0.1, -0.05) is 146 Å². The molecular formula is C53H34N4. The van der Waals surface area contributed by atoms with E-state index in [-0.39, 0.29) is 0 Å². The van der Waals surface area contributed by atoms with Crippen LogP contribution < -0.4 is 0 Å². The van der Waals surface area contributed by atoms with Crippen molar-refractivity contribution in [2.45, 2.75) is 5.41 Å². The monoisotopic (exact) mass is 726 g/mol. The van der Waals surface area contributed by atoms with Crippen molar-refractivity contribution in [2.75, 3.05) is 0 Å². The van der Waals surface area contributed by atoms with Gasteiger partial charge in [0.1, 0.15) is 0 Å². The lowest BCUT2D eigenvalue weighted by Gasteiger charge is -2.34. The molecule has 1 aliphatic rings. The minimum absolute atomic E-state index is 0.555. The van der Waals surface area contributed by atoms with Crippen LogP contribution >= 0.6 is 0 Å². The molecule has 1 aliphatic carbocycles. The number of nitrogens with zero attached hydrogens (tertiary/aromatic N) is 4. The summed E-state index contributed by atoms with van der Waals surface area (Å²) in [6.45, 7) is 0. The van der Waals surface area contributed by atoms with Crippen molar-refractivity contribution in [3.63, 3.8) is 0 Å². The van der Waals surface area contributed by atoms with Gasteiger partial charge in [0.2, 0.25) is 0 Å². The van der Waals surface area contributed by atoms with Crippen LogP contribution in [0.25, 0.3) is 67.3 Å². The topological polar surface area (TPSA) is 62.5 Å². The molecule has 0 aliphatic heterocycles. The van der Waals surface area contributed by atoms with Crippen molar-refractivity contribution in [3.05, 3.63) is 234 Å². The van der Waals surface area contributed by atoms with Crippen LogP contribution in [0.5, 0.6) is 0 Å². The van der Waals surface area contributed by atoms with Gasteiger partial charge >= 0.3 is 0 Å². The van der Waals surface area contributed by atoms with E-state index in [1.54, 1.807) is 0 Å². The number of pyridine rings is 3. The maximum atomic E-state index is 9.41. The fraction of sp³-hybridized carbons (Fsp3) is 0.0189. The van der Waals surface area contributed by atoms with Crippen molar-refractivity contribution in [1.82, 2.24) is 15.0 Å². The molecule has 0 bridgehead atoms. The maximum absolute atomic E-state index is 9.41. The average Bonchev–Trinajstić information content (AvgIpc) is 3.61. The van der Waals surface area contributed by atoms with Crippen LogP contribution in [0.3, 0.4) is 0 Å². The van der Waals surface area contributed by atoms with Gasteiger partial charge in [0.05, 0.1) is 39.8 Å². The number of rotatable bonds is 7. The SMILES string of the molecule is N#Cc1ccc(-c2ccc(-c3c(-c4cc(-c5ccccn5)nc(-c5ccccn5)c4)ccc4c3-c3ccccc3C4(c3ccccc3)c3ccccc3)cc2)cc1. The molecule has 0 saturated carbocycles. The Morgan fingerprint density at radius 3 is 1.47 bits per heavy atom. The number of hydrogen-bond donors (Lipinski definition) is 0. The second-order valence-electron chi connectivity index (χ2n) is 14.3. The molecule has 0 radical (unpaired) electrons. The summed E-state index contributed by atoms with van der Waals surface area (Å²) in [6, 6.07) is 70.4. The smallest absolute Gasteiger partial charge is 0.0991 e. The second-order valence-corrected chi connectivity index (χ2v) is 14.3. The first-order chi connectivity index (χ1) is 28.2. The summed E-state index contributed by atoms with van der Waals surface area (Å²) in [4.78, 5) is 14.6. The summed E-state index contributed by atoms with van der Waals surface area (Å²) in [5.41, 5.74) is 17.1. The first-order valence-corrected chi connectivity index (χ1v) is 19.1. The molecule has 0 atom stereocenters. The van der Waals surface area contributed by atoms with E-state index in [9.17, 15) is 5.26 Å². The molecule has 266 valence electrons. The van der Waals surface area contributed by atoms with E-state index >= 15 is 0 Å². The van der Waals surface area contributed by atoms with Gasteiger partial charge in [-0.2, -0.15) is 5.26 Å². The summed E-state index contributed by atoms with van der Waals surface area (Å²) < 4.78 is 0. The van der Waals surface area contributed by atoms with E-state index in [1.165, 1.54) is 33.4 Å². The number of nitriles is 1. The highest BCUT2D eigenvalue weighted by molar-refractivity contribution is 6.02. The molecule has 0 amide bonds. The number of fused-ring (bicyclic) bond motifs is 3. The molecule has 0 spiro atoms. The van der Waals surface area contributed by atoms with E-state index in [0.29, 0.717) is 5.56 Å². The molecule has 4 nitrogen and oxygen atoms in total. The third-order valence-electron chi connectivity index (χ3n) is 11.1. The minimum atomic E-state index is -0.555. The highest BCUT2D eigenvalue weighted by Crippen LogP contribution is 2.59. The molecule has 0 fully saturated rings. The molecular weight excluding hydrogens is 693 g/mol. The number of benzene rings is 6. The van der Waals surface area contributed by atoms with Crippen LogP contribution in [0.2, 0.25) is 0 Å². The molecule has 57 heavy (non-hydrogen) atoms. The molecule has 0 unspecified atom stereocenters. The summed E-state index contributed by atoms with van der Waals surface area (Å²) in [5.74, 6) is 0. The zero-order valence-electron chi connectivity index (χ0n) is 30.9. The van der Waals surface area contributed by atoms with Crippen molar-refractivity contribution in [3.8, 4) is 73.4 Å². The molecule has 6 aromatic carbocycles. The summed E-state index contributed by atoms with van der Waals surface area (Å²) in [5, 5.41) is 9.41. The summed E-state index contributed by atoms with van der Waals surface area (Å²) >= 11 is 0. The number of aromatic nitrogens is 3. The third kappa shape index (κ3) is 5.73. The van der Waals surface area contributed by atoms with Crippen LogP contribution in [0, 0.1) is 11.3 Å². The molecule has 0 saturated heterocycles. The van der Waals surface area contributed by atoms with Crippen molar-refractivity contribution >= 4 is 0 Å². The van der Waals surface area contributed by atoms with E-state index in [2.05, 4.69) is 140 Å². The van der Waals surface area contributed by atoms with Crippen LogP contribution in [0.4, 0.5) is 0 Å². The van der Waals surface area contributed by atoms with Crippen molar-refractivity contribution in [1.29, 1.82) is 5.26 Å². The van der Waals surface area contributed by atoms with Gasteiger partial charge in [-0.15, -0.1) is 0 Å².